The summed E-state index contributed by atoms with van der Waals surface area (Å²) in [6, 6.07) is 0. The van der Waals surface area contributed by atoms with Gasteiger partial charge in [0.05, 0.1) is 12.5 Å². The minimum atomic E-state index is -0.496. The van der Waals surface area contributed by atoms with Crippen LogP contribution in [0.2, 0.25) is 0 Å². The second-order valence-electron chi connectivity index (χ2n) is 6.56. The Labute approximate surface area is 124 Å². The standard InChI is InChI=1S/C14H29N2O3P/c1-11(18-10-20(5)15)12-6-8-16(9-7-12)13(17)19-14(2,3)4/h11-12H,6-10,15H2,1-5H3. The van der Waals surface area contributed by atoms with Crippen molar-refractivity contribution in [3.63, 3.8) is 0 Å². The average molecular weight is 304 g/mol. The van der Waals surface area contributed by atoms with Gasteiger partial charge in [-0.2, -0.15) is 0 Å². The molecule has 1 fully saturated rings. The zero-order valence-electron chi connectivity index (χ0n) is 13.4. The van der Waals surface area contributed by atoms with Crippen LogP contribution in [0, 0.1) is 5.92 Å². The first-order valence-corrected chi connectivity index (χ1v) is 9.28. The van der Waals surface area contributed by atoms with Gasteiger partial charge in [-0.1, -0.05) is 0 Å². The van der Waals surface area contributed by atoms with Crippen molar-refractivity contribution in [3.8, 4) is 0 Å². The molecule has 0 aromatic carbocycles. The summed E-state index contributed by atoms with van der Waals surface area (Å²) in [4.78, 5) is 13.8. The van der Waals surface area contributed by atoms with Crippen LogP contribution < -0.4 is 5.50 Å². The van der Waals surface area contributed by atoms with Gasteiger partial charge in [-0.15, -0.1) is 0 Å². The lowest BCUT2D eigenvalue weighted by molar-refractivity contribution is -0.000114. The van der Waals surface area contributed by atoms with E-state index < -0.39 is 13.7 Å². The predicted octanol–water partition coefficient (Wildman–Crippen LogP) is 2.98. The third-order valence-corrected chi connectivity index (χ3v) is 3.95. The molecule has 0 aromatic rings. The van der Waals surface area contributed by atoms with Crippen molar-refractivity contribution >= 4 is 14.2 Å². The highest BCUT2D eigenvalue weighted by atomic mass is 31.1. The summed E-state index contributed by atoms with van der Waals surface area (Å²) in [5.41, 5.74) is 5.33. The van der Waals surface area contributed by atoms with Crippen LogP contribution in [0.15, 0.2) is 0 Å². The fourth-order valence-electron chi connectivity index (χ4n) is 2.25. The monoisotopic (exact) mass is 304 g/mol. The maximum Gasteiger partial charge on any atom is 0.410 e. The highest BCUT2D eigenvalue weighted by molar-refractivity contribution is 7.54. The number of hydrogen-bond acceptors (Lipinski definition) is 4. The van der Waals surface area contributed by atoms with Crippen LogP contribution in [-0.2, 0) is 9.47 Å². The predicted molar refractivity (Wildman–Crippen MR) is 83.0 cm³/mol. The van der Waals surface area contributed by atoms with E-state index in [-0.39, 0.29) is 12.2 Å². The summed E-state index contributed by atoms with van der Waals surface area (Å²) in [5.74, 6) is 0.503. The molecule has 20 heavy (non-hydrogen) atoms. The molecule has 0 spiro atoms. The number of nitrogens with zero attached hydrogens (tertiary/aromatic N) is 1. The molecule has 0 aliphatic carbocycles. The molecule has 2 unspecified atom stereocenters. The second kappa shape index (κ2) is 7.58. The smallest absolute Gasteiger partial charge is 0.410 e. The zero-order valence-corrected chi connectivity index (χ0v) is 14.3. The molecule has 1 heterocycles. The fourth-order valence-corrected chi connectivity index (χ4v) is 2.72. The van der Waals surface area contributed by atoms with Gasteiger partial charge in [0, 0.05) is 13.1 Å². The van der Waals surface area contributed by atoms with Crippen LogP contribution in [-0.4, -0.2) is 48.8 Å². The van der Waals surface area contributed by atoms with E-state index in [1.165, 1.54) is 0 Å². The van der Waals surface area contributed by atoms with Gasteiger partial charge >= 0.3 is 6.09 Å². The molecule has 0 aromatic heterocycles. The van der Waals surface area contributed by atoms with Crippen molar-refractivity contribution in [2.24, 2.45) is 11.4 Å². The van der Waals surface area contributed by atoms with Crippen LogP contribution in [0.1, 0.15) is 40.5 Å². The van der Waals surface area contributed by atoms with E-state index in [1.54, 1.807) is 4.90 Å². The second-order valence-corrected chi connectivity index (χ2v) is 8.33. The highest BCUT2D eigenvalue weighted by Crippen LogP contribution is 2.26. The normalized spacial score (nSPS) is 20.6. The summed E-state index contributed by atoms with van der Waals surface area (Å²) in [6.07, 6.45) is 2.59. The van der Waals surface area contributed by atoms with Gasteiger partial charge in [0.15, 0.2) is 0 Å². The molecule has 1 aliphatic rings. The Kier molecular flexibility index (Phi) is 6.70. The molecule has 1 saturated heterocycles. The largest absolute Gasteiger partial charge is 0.444 e. The first kappa shape index (κ1) is 17.7. The molecule has 118 valence electrons. The number of ether oxygens (including phenoxy) is 2. The lowest BCUT2D eigenvalue weighted by Gasteiger charge is -2.35. The Balaban J connectivity index is 2.34. The van der Waals surface area contributed by atoms with Gasteiger partial charge in [0.25, 0.3) is 0 Å². The van der Waals surface area contributed by atoms with Crippen molar-refractivity contribution in [1.82, 2.24) is 4.90 Å². The van der Waals surface area contributed by atoms with Crippen LogP contribution >= 0.6 is 8.07 Å². The molecular weight excluding hydrogens is 275 g/mol. The number of piperidine rings is 1. The van der Waals surface area contributed by atoms with Crippen molar-refractivity contribution < 1.29 is 14.3 Å². The van der Waals surface area contributed by atoms with Crippen molar-refractivity contribution in [2.75, 3.05) is 26.1 Å². The van der Waals surface area contributed by atoms with E-state index in [9.17, 15) is 4.79 Å². The van der Waals surface area contributed by atoms with Crippen LogP contribution in [0.5, 0.6) is 0 Å². The zero-order chi connectivity index (χ0) is 15.3. The molecule has 2 atom stereocenters. The lowest BCUT2D eigenvalue weighted by atomic mass is 9.92. The Bertz CT molecular complexity index is 310. The molecule has 0 saturated carbocycles. The van der Waals surface area contributed by atoms with E-state index in [1.807, 2.05) is 27.4 Å². The van der Waals surface area contributed by atoms with Crippen molar-refractivity contribution in [1.29, 1.82) is 0 Å². The van der Waals surface area contributed by atoms with Gasteiger partial charge in [0.2, 0.25) is 0 Å². The number of likely N-dealkylation sites (tertiary alicyclic amines) is 1. The van der Waals surface area contributed by atoms with Gasteiger partial charge in [-0.05, 0) is 61.2 Å². The molecule has 0 radical (unpaired) electrons. The number of carbonyl (C=O) groups excluding carboxylic acids is 1. The van der Waals surface area contributed by atoms with E-state index in [4.69, 9.17) is 15.0 Å². The number of rotatable bonds is 4. The van der Waals surface area contributed by atoms with Crippen LogP contribution in [0.25, 0.3) is 0 Å². The number of carbonyl (C=O) groups is 1. The summed E-state index contributed by atoms with van der Waals surface area (Å²) < 4.78 is 11.2. The van der Waals surface area contributed by atoms with E-state index in [0.29, 0.717) is 12.3 Å². The molecule has 5 nitrogen and oxygen atoms in total. The minimum Gasteiger partial charge on any atom is -0.444 e. The van der Waals surface area contributed by atoms with Gasteiger partial charge < -0.3 is 19.9 Å². The molecule has 0 bridgehead atoms. The fraction of sp³-hybridized carbons (Fsp3) is 0.929. The Morgan fingerprint density at radius 3 is 2.40 bits per heavy atom. The van der Waals surface area contributed by atoms with Crippen molar-refractivity contribution in [2.45, 2.75) is 52.2 Å². The van der Waals surface area contributed by atoms with E-state index >= 15 is 0 Å². The Morgan fingerprint density at radius 2 is 1.95 bits per heavy atom. The van der Waals surface area contributed by atoms with Crippen LogP contribution in [0.4, 0.5) is 4.79 Å². The van der Waals surface area contributed by atoms with Gasteiger partial charge in [0.1, 0.15) is 5.60 Å². The number of amides is 1. The highest BCUT2D eigenvalue weighted by Gasteiger charge is 2.29. The average Bonchev–Trinajstić information content (AvgIpc) is 2.34. The topological polar surface area (TPSA) is 64.8 Å². The first-order chi connectivity index (χ1) is 9.19. The summed E-state index contributed by atoms with van der Waals surface area (Å²) in [6.45, 7) is 11.3. The van der Waals surface area contributed by atoms with Crippen LogP contribution in [0.3, 0.4) is 0 Å². The molecule has 2 N–H and O–H groups in total. The third kappa shape index (κ3) is 6.38. The maximum atomic E-state index is 12.0. The van der Waals surface area contributed by atoms with Crippen molar-refractivity contribution in [3.05, 3.63) is 0 Å². The van der Waals surface area contributed by atoms with E-state index in [2.05, 4.69) is 6.92 Å². The van der Waals surface area contributed by atoms with E-state index in [0.717, 1.165) is 25.9 Å². The minimum absolute atomic E-state index is 0.205. The Morgan fingerprint density at radius 1 is 1.40 bits per heavy atom. The number of hydrogen-bond donors (Lipinski definition) is 1. The molecule has 6 heteroatoms. The molecule has 1 rings (SSSR count). The maximum absolute atomic E-state index is 12.0. The summed E-state index contributed by atoms with van der Waals surface area (Å²) in [5, 5.41) is 0. The number of nitrogens with two attached hydrogens (primary N) is 1. The van der Waals surface area contributed by atoms with Gasteiger partial charge in [-0.3, -0.25) is 0 Å². The summed E-state index contributed by atoms with van der Waals surface area (Å²) >= 11 is 0. The molecular formula is C14H29N2O3P. The quantitative estimate of drug-likeness (QED) is 0.811. The molecule has 1 amide bonds. The lowest BCUT2D eigenvalue weighted by Crippen LogP contribution is -2.43. The third-order valence-electron chi connectivity index (χ3n) is 3.40. The Hall–Kier alpha value is -0.380. The SMILES string of the molecule is CC(OCP(C)N)C1CCN(C(=O)OC(C)(C)C)CC1. The first-order valence-electron chi connectivity index (χ1n) is 7.24. The summed E-state index contributed by atoms with van der Waals surface area (Å²) in [7, 11) is -0.496. The van der Waals surface area contributed by atoms with Gasteiger partial charge in [-0.25, -0.2) is 4.79 Å². The molecule has 1 aliphatic heterocycles.